The SMILES string of the molecule is CCC(C)NCCNCc1scnc1C. The summed E-state index contributed by atoms with van der Waals surface area (Å²) in [5, 5.41) is 6.87. The number of thiazole rings is 1. The molecule has 1 heterocycles. The molecule has 0 spiro atoms. The van der Waals surface area contributed by atoms with Crippen molar-refractivity contribution in [2.45, 2.75) is 39.8 Å². The first-order valence-corrected chi connectivity index (χ1v) is 6.45. The van der Waals surface area contributed by atoms with Crippen LogP contribution in [0.15, 0.2) is 5.51 Å². The molecule has 0 aliphatic carbocycles. The van der Waals surface area contributed by atoms with Gasteiger partial charge in [0.2, 0.25) is 0 Å². The maximum atomic E-state index is 4.22. The molecule has 15 heavy (non-hydrogen) atoms. The molecule has 4 heteroatoms. The van der Waals surface area contributed by atoms with E-state index in [9.17, 15) is 0 Å². The molecule has 0 bridgehead atoms. The van der Waals surface area contributed by atoms with E-state index >= 15 is 0 Å². The van der Waals surface area contributed by atoms with Crippen molar-refractivity contribution in [3.8, 4) is 0 Å². The third kappa shape index (κ3) is 4.73. The van der Waals surface area contributed by atoms with Gasteiger partial charge in [0.25, 0.3) is 0 Å². The van der Waals surface area contributed by atoms with Crippen molar-refractivity contribution in [2.24, 2.45) is 0 Å². The second-order valence-corrected chi connectivity index (χ2v) is 4.74. The van der Waals surface area contributed by atoms with Gasteiger partial charge < -0.3 is 10.6 Å². The Kier molecular flexibility index (Phi) is 5.83. The fourth-order valence-electron chi connectivity index (χ4n) is 1.25. The Labute approximate surface area is 96.3 Å². The van der Waals surface area contributed by atoms with Gasteiger partial charge in [-0.05, 0) is 20.3 Å². The Morgan fingerprint density at radius 3 is 2.87 bits per heavy atom. The van der Waals surface area contributed by atoms with Gasteiger partial charge in [0.15, 0.2) is 0 Å². The van der Waals surface area contributed by atoms with Crippen LogP contribution in [0.3, 0.4) is 0 Å². The van der Waals surface area contributed by atoms with E-state index in [2.05, 4.69) is 36.4 Å². The van der Waals surface area contributed by atoms with Gasteiger partial charge in [0, 0.05) is 30.6 Å². The van der Waals surface area contributed by atoms with Gasteiger partial charge >= 0.3 is 0 Å². The van der Waals surface area contributed by atoms with Crippen LogP contribution in [-0.4, -0.2) is 24.1 Å². The minimum atomic E-state index is 0.622. The molecule has 86 valence electrons. The summed E-state index contributed by atoms with van der Waals surface area (Å²) < 4.78 is 0. The quantitative estimate of drug-likeness (QED) is 0.699. The Hall–Kier alpha value is -0.450. The zero-order valence-electron chi connectivity index (χ0n) is 9.84. The van der Waals surface area contributed by atoms with Crippen LogP contribution < -0.4 is 10.6 Å². The first kappa shape index (κ1) is 12.6. The van der Waals surface area contributed by atoms with Crippen molar-refractivity contribution in [3.05, 3.63) is 16.1 Å². The number of hydrogen-bond acceptors (Lipinski definition) is 4. The summed E-state index contributed by atoms with van der Waals surface area (Å²) in [5.41, 5.74) is 3.06. The van der Waals surface area contributed by atoms with Gasteiger partial charge in [-0.25, -0.2) is 4.98 Å². The standard InChI is InChI=1S/C11H21N3S/c1-4-9(2)13-6-5-12-7-11-10(3)14-8-15-11/h8-9,12-13H,4-7H2,1-3H3. The molecule has 0 fully saturated rings. The van der Waals surface area contributed by atoms with Crippen LogP contribution in [0, 0.1) is 6.92 Å². The van der Waals surface area contributed by atoms with Crippen LogP contribution in [0.25, 0.3) is 0 Å². The number of rotatable bonds is 7. The van der Waals surface area contributed by atoms with Crippen molar-refractivity contribution >= 4 is 11.3 Å². The molecule has 1 aromatic heterocycles. The minimum Gasteiger partial charge on any atom is -0.313 e. The van der Waals surface area contributed by atoms with Gasteiger partial charge in [-0.1, -0.05) is 6.92 Å². The predicted molar refractivity (Wildman–Crippen MR) is 66.3 cm³/mol. The van der Waals surface area contributed by atoms with Crippen LogP contribution in [0.4, 0.5) is 0 Å². The van der Waals surface area contributed by atoms with Crippen LogP contribution in [0.2, 0.25) is 0 Å². The first-order chi connectivity index (χ1) is 7.24. The molecule has 1 atom stereocenters. The predicted octanol–water partition coefficient (Wildman–Crippen LogP) is 1.93. The molecule has 2 N–H and O–H groups in total. The minimum absolute atomic E-state index is 0.622. The average Bonchev–Trinajstić information content (AvgIpc) is 2.63. The molecule has 1 unspecified atom stereocenters. The lowest BCUT2D eigenvalue weighted by Gasteiger charge is -2.11. The fourth-order valence-corrected chi connectivity index (χ4v) is 2.00. The molecule has 0 amide bonds. The monoisotopic (exact) mass is 227 g/mol. The summed E-state index contributed by atoms with van der Waals surface area (Å²) in [6, 6.07) is 0.622. The summed E-state index contributed by atoms with van der Waals surface area (Å²) in [7, 11) is 0. The smallest absolute Gasteiger partial charge is 0.0798 e. The zero-order valence-corrected chi connectivity index (χ0v) is 10.7. The summed E-state index contributed by atoms with van der Waals surface area (Å²) in [4.78, 5) is 5.57. The van der Waals surface area contributed by atoms with Gasteiger partial charge in [-0.2, -0.15) is 0 Å². The van der Waals surface area contributed by atoms with Crippen molar-refractivity contribution in [3.63, 3.8) is 0 Å². The molecular formula is C11H21N3S. The van der Waals surface area contributed by atoms with Gasteiger partial charge in [0.05, 0.1) is 11.2 Å². The Balaban J connectivity index is 2.05. The molecule has 1 aromatic rings. The molecule has 0 radical (unpaired) electrons. The highest BCUT2D eigenvalue weighted by atomic mass is 32.1. The van der Waals surface area contributed by atoms with E-state index in [1.165, 1.54) is 11.3 Å². The fraction of sp³-hybridized carbons (Fsp3) is 0.727. The van der Waals surface area contributed by atoms with Gasteiger partial charge in [0.1, 0.15) is 0 Å². The molecule has 0 saturated carbocycles. The molecular weight excluding hydrogens is 206 g/mol. The maximum Gasteiger partial charge on any atom is 0.0798 e. The number of hydrogen-bond donors (Lipinski definition) is 2. The van der Waals surface area contributed by atoms with Gasteiger partial charge in [-0.3, -0.25) is 0 Å². The van der Waals surface area contributed by atoms with Crippen LogP contribution in [0.1, 0.15) is 30.8 Å². The topological polar surface area (TPSA) is 37.0 Å². The van der Waals surface area contributed by atoms with E-state index in [-0.39, 0.29) is 0 Å². The van der Waals surface area contributed by atoms with Crippen LogP contribution >= 0.6 is 11.3 Å². The van der Waals surface area contributed by atoms with Crippen LogP contribution in [0.5, 0.6) is 0 Å². The molecule has 0 aromatic carbocycles. The largest absolute Gasteiger partial charge is 0.313 e. The lowest BCUT2D eigenvalue weighted by atomic mass is 10.2. The van der Waals surface area contributed by atoms with Crippen molar-refractivity contribution in [1.29, 1.82) is 0 Å². The van der Waals surface area contributed by atoms with E-state index < -0.39 is 0 Å². The summed E-state index contributed by atoms with van der Waals surface area (Å²) >= 11 is 1.72. The highest BCUT2D eigenvalue weighted by Gasteiger charge is 2.00. The number of aromatic nitrogens is 1. The third-order valence-electron chi connectivity index (χ3n) is 2.54. The van der Waals surface area contributed by atoms with Crippen LogP contribution in [-0.2, 0) is 6.54 Å². The molecule has 0 aliphatic heterocycles. The highest BCUT2D eigenvalue weighted by Crippen LogP contribution is 2.10. The Morgan fingerprint density at radius 2 is 2.27 bits per heavy atom. The van der Waals surface area contributed by atoms with Gasteiger partial charge in [-0.15, -0.1) is 11.3 Å². The molecule has 0 saturated heterocycles. The molecule has 1 rings (SSSR count). The summed E-state index contributed by atoms with van der Waals surface area (Å²) in [6.07, 6.45) is 1.19. The zero-order chi connectivity index (χ0) is 11.1. The number of nitrogens with one attached hydrogen (secondary N) is 2. The Bertz CT molecular complexity index is 273. The van der Waals surface area contributed by atoms with E-state index in [1.807, 2.05) is 5.51 Å². The molecule has 0 aliphatic rings. The normalized spacial score (nSPS) is 13.0. The van der Waals surface area contributed by atoms with Crippen molar-refractivity contribution in [1.82, 2.24) is 15.6 Å². The third-order valence-corrected chi connectivity index (χ3v) is 3.47. The number of nitrogens with zero attached hydrogens (tertiary/aromatic N) is 1. The van der Waals surface area contributed by atoms with E-state index in [1.54, 1.807) is 11.3 Å². The summed E-state index contributed by atoms with van der Waals surface area (Å²) in [6.45, 7) is 9.47. The highest BCUT2D eigenvalue weighted by molar-refractivity contribution is 7.09. The molecule has 3 nitrogen and oxygen atoms in total. The number of aryl methyl sites for hydroxylation is 1. The maximum absolute atomic E-state index is 4.22. The lowest BCUT2D eigenvalue weighted by Crippen LogP contribution is -2.32. The van der Waals surface area contributed by atoms with E-state index in [0.717, 1.165) is 25.3 Å². The van der Waals surface area contributed by atoms with E-state index in [0.29, 0.717) is 6.04 Å². The van der Waals surface area contributed by atoms with E-state index in [4.69, 9.17) is 0 Å². The second-order valence-electron chi connectivity index (χ2n) is 3.80. The summed E-state index contributed by atoms with van der Waals surface area (Å²) in [5.74, 6) is 0. The first-order valence-electron chi connectivity index (χ1n) is 5.57. The lowest BCUT2D eigenvalue weighted by molar-refractivity contribution is 0.517. The second kappa shape index (κ2) is 6.93. The average molecular weight is 227 g/mol. The Morgan fingerprint density at radius 1 is 1.47 bits per heavy atom. The van der Waals surface area contributed by atoms with Crippen molar-refractivity contribution < 1.29 is 0 Å². The van der Waals surface area contributed by atoms with Crippen molar-refractivity contribution in [2.75, 3.05) is 13.1 Å².